The van der Waals surface area contributed by atoms with Gasteiger partial charge in [0.15, 0.2) is 5.96 Å². The second-order valence-corrected chi connectivity index (χ2v) is 6.27. The summed E-state index contributed by atoms with van der Waals surface area (Å²) >= 11 is 1.70. The monoisotopic (exact) mass is 448 g/mol. The van der Waals surface area contributed by atoms with Crippen LogP contribution in [-0.4, -0.2) is 24.5 Å². The molecule has 2 aromatic rings. The first-order chi connectivity index (χ1) is 10.6. The summed E-state index contributed by atoms with van der Waals surface area (Å²) in [5, 5.41) is 7.55. The van der Waals surface area contributed by atoms with E-state index in [1.165, 1.54) is 17.0 Å². The lowest BCUT2D eigenvalue weighted by molar-refractivity contribution is 0.626. The Kier molecular flexibility index (Phi) is 8.46. The van der Waals surface area contributed by atoms with Crippen LogP contribution in [0, 0.1) is 19.7 Å². The van der Waals surface area contributed by atoms with Crippen LogP contribution in [0.15, 0.2) is 29.3 Å². The third kappa shape index (κ3) is 6.42. The van der Waals surface area contributed by atoms with Gasteiger partial charge in [-0.1, -0.05) is 12.1 Å². The highest BCUT2D eigenvalue weighted by Gasteiger charge is 2.04. The fourth-order valence-corrected chi connectivity index (χ4v) is 2.84. The van der Waals surface area contributed by atoms with E-state index < -0.39 is 0 Å². The molecule has 0 fully saturated rings. The van der Waals surface area contributed by atoms with E-state index in [1.807, 2.05) is 6.92 Å². The molecule has 0 amide bonds. The Morgan fingerprint density at radius 1 is 1.22 bits per heavy atom. The van der Waals surface area contributed by atoms with Crippen molar-refractivity contribution >= 4 is 41.3 Å². The number of guanidine groups is 1. The largest absolute Gasteiger partial charge is 0.356 e. The molecule has 4 nitrogen and oxygen atoms in total. The van der Waals surface area contributed by atoms with Crippen molar-refractivity contribution in [2.45, 2.75) is 26.8 Å². The van der Waals surface area contributed by atoms with Crippen LogP contribution < -0.4 is 10.6 Å². The smallest absolute Gasteiger partial charge is 0.191 e. The molecule has 23 heavy (non-hydrogen) atoms. The van der Waals surface area contributed by atoms with E-state index in [0.717, 1.165) is 35.2 Å². The number of aliphatic imine (C=N–C) groups is 1. The zero-order valence-corrected chi connectivity index (χ0v) is 16.7. The molecule has 0 aliphatic carbocycles. The Morgan fingerprint density at radius 2 is 1.91 bits per heavy atom. The molecular formula is C16H22FIN4S. The third-order valence-electron chi connectivity index (χ3n) is 3.32. The molecule has 0 radical (unpaired) electrons. The minimum Gasteiger partial charge on any atom is -0.356 e. The molecule has 0 aliphatic rings. The zero-order valence-electron chi connectivity index (χ0n) is 13.5. The van der Waals surface area contributed by atoms with Crippen molar-refractivity contribution in [1.29, 1.82) is 0 Å². The average molecular weight is 448 g/mol. The molecule has 0 spiro atoms. The van der Waals surface area contributed by atoms with Crippen molar-refractivity contribution in [2.75, 3.05) is 13.6 Å². The van der Waals surface area contributed by atoms with E-state index in [4.69, 9.17) is 0 Å². The third-order valence-corrected chi connectivity index (χ3v) is 4.40. The average Bonchev–Trinajstić information content (AvgIpc) is 2.83. The van der Waals surface area contributed by atoms with Crippen LogP contribution in [0.2, 0.25) is 0 Å². The van der Waals surface area contributed by atoms with Crippen molar-refractivity contribution < 1.29 is 4.39 Å². The van der Waals surface area contributed by atoms with Gasteiger partial charge in [0.05, 0.1) is 12.2 Å². The van der Waals surface area contributed by atoms with Crippen molar-refractivity contribution in [2.24, 2.45) is 4.99 Å². The van der Waals surface area contributed by atoms with Crippen molar-refractivity contribution in [3.8, 4) is 0 Å². The highest BCUT2D eigenvalue weighted by molar-refractivity contribution is 14.0. The van der Waals surface area contributed by atoms with Crippen LogP contribution >= 0.6 is 35.3 Å². The van der Waals surface area contributed by atoms with E-state index in [1.54, 1.807) is 30.5 Å². The van der Waals surface area contributed by atoms with Crippen molar-refractivity contribution in [3.05, 3.63) is 51.2 Å². The number of nitrogens with zero attached hydrogens (tertiary/aromatic N) is 2. The van der Waals surface area contributed by atoms with Crippen LogP contribution in [0.5, 0.6) is 0 Å². The molecule has 0 unspecified atom stereocenters. The van der Waals surface area contributed by atoms with Crippen LogP contribution in [0.4, 0.5) is 4.39 Å². The van der Waals surface area contributed by atoms with E-state index >= 15 is 0 Å². The maximum Gasteiger partial charge on any atom is 0.191 e. The Hall–Kier alpha value is -1.22. The van der Waals surface area contributed by atoms with Gasteiger partial charge in [-0.25, -0.2) is 9.37 Å². The maximum atomic E-state index is 12.8. The molecule has 0 bridgehead atoms. The van der Waals surface area contributed by atoms with Crippen molar-refractivity contribution in [1.82, 2.24) is 15.6 Å². The lowest BCUT2D eigenvalue weighted by Crippen LogP contribution is -2.37. The Bertz CT molecular complexity index is 621. The van der Waals surface area contributed by atoms with Gasteiger partial charge >= 0.3 is 0 Å². The molecule has 0 saturated carbocycles. The lowest BCUT2D eigenvalue weighted by atomic mass is 10.1. The molecule has 7 heteroatoms. The topological polar surface area (TPSA) is 49.3 Å². The summed E-state index contributed by atoms with van der Waals surface area (Å²) in [4.78, 5) is 9.93. The highest BCUT2D eigenvalue weighted by Crippen LogP contribution is 2.15. The Labute approximate surface area is 157 Å². The molecule has 1 heterocycles. The number of aromatic nitrogens is 1. The first-order valence-electron chi connectivity index (χ1n) is 7.20. The second kappa shape index (κ2) is 9.82. The number of benzene rings is 1. The number of hydrogen-bond donors (Lipinski definition) is 2. The zero-order chi connectivity index (χ0) is 15.9. The van der Waals surface area contributed by atoms with Crippen LogP contribution in [-0.2, 0) is 13.0 Å². The van der Waals surface area contributed by atoms with Gasteiger partial charge in [0, 0.05) is 18.5 Å². The maximum absolute atomic E-state index is 12.8. The molecule has 0 aliphatic heterocycles. The van der Waals surface area contributed by atoms with Crippen molar-refractivity contribution in [3.63, 3.8) is 0 Å². The van der Waals surface area contributed by atoms with Crippen LogP contribution in [0.3, 0.4) is 0 Å². The molecular weight excluding hydrogens is 426 g/mol. The predicted octanol–water partition coefficient (Wildman–Crippen LogP) is 3.42. The van der Waals surface area contributed by atoms with E-state index in [9.17, 15) is 4.39 Å². The summed E-state index contributed by atoms with van der Waals surface area (Å²) in [6, 6.07) is 6.56. The number of hydrogen-bond acceptors (Lipinski definition) is 3. The second-order valence-electron chi connectivity index (χ2n) is 4.98. The molecule has 0 atom stereocenters. The van der Waals surface area contributed by atoms with E-state index in [-0.39, 0.29) is 29.8 Å². The Balaban J connectivity index is 0.00000264. The molecule has 0 saturated heterocycles. The number of halogens is 2. The normalized spacial score (nSPS) is 11.0. The summed E-state index contributed by atoms with van der Waals surface area (Å²) in [5.41, 5.74) is 2.18. The van der Waals surface area contributed by atoms with Crippen LogP contribution in [0.1, 0.15) is 21.1 Å². The Morgan fingerprint density at radius 3 is 2.48 bits per heavy atom. The summed E-state index contributed by atoms with van der Waals surface area (Å²) in [6.45, 7) is 5.49. The molecule has 126 valence electrons. The summed E-state index contributed by atoms with van der Waals surface area (Å²) in [6.07, 6.45) is 0.816. The van der Waals surface area contributed by atoms with Gasteiger partial charge < -0.3 is 10.6 Å². The van der Waals surface area contributed by atoms with Gasteiger partial charge in [0.1, 0.15) is 10.8 Å². The van der Waals surface area contributed by atoms with E-state index in [2.05, 4.69) is 27.5 Å². The standard InChI is InChI=1S/C16H21FN4S.HI/c1-11-12(2)22-15(21-11)10-20-16(18-3)19-9-8-13-4-6-14(17)7-5-13;/h4-7H,8-10H2,1-3H3,(H2,18,19,20);1H. The number of rotatable bonds is 5. The molecule has 1 aromatic heterocycles. The van der Waals surface area contributed by atoms with Gasteiger partial charge in [-0.15, -0.1) is 35.3 Å². The lowest BCUT2D eigenvalue weighted by Gasteiger charge is -2.10. The first-order valence-corrected chi connectivity index (χ1v) is 8.02. The fourth-order valence-electron chi connectivity index (χ4n) is 1.97. The fraction of sp³-hybridized carbons (Fsp3) is 0.375. The van der Waals surface area contributed by atoms with Gasteiger partial charge in [0.25, 0.3) is 0 Å². The summed E-state index contributed by atoms with van der Waals surface area (Å²) in [5.74, 6) is 0.538. The molecule has 2 N–H and O–H groups in total. The summed E-state index contributed by atoms with van der Waals surface area (Å²) in [7, 11) is 1.74. The summed E-state index contributed by atoms with van der Waals surface area (Å²) < 4.78 is 12.8. The minimum absolute atomic E-state index is 0. The SMILES string of the molecule is CN=C(NCCc1ccc(F)cc1)NCc1nc(C)c(C)s1.I. The minimum atomic E-state index is -0.205. The van der Waals surface area contributed by atoms with E-state index in [0.29, 0.717) is 6.54 Å². The quantitative estimate of drug-likeness (QED) is 0.419. The van der Waals surface area contributed by atoms with Gasteiger partial charge in [-0.2, -0.15) is 0 Å². The van der Waals surface area contributed by atoms with Crippen LogP contribution in [0.25, 0.3) is 0 Å². The van der Waals surface area contributed by atoms with Gasteiger partial charge in [-0.05, 0) is 38.0 Å². The number of aryl methyl sites for hydroxylation is 2. The highest BCUT2D eigenvalue weighted by atomic mass is 127. The number of nitrogens with one attached hydrogen (secondary N) is 2. The first kappa shape index (κ1) is 19.8. The predicted molar refractivity (Wildman–Crippen MR) is 105 cm³/mol. The van der Waals surface area contributed by atoms with Gasteiger partial charge in [-0.3, -0.25) is 4.99 Å². The number of thiazole rings is 1. The van der Waals surface area contributed by atoms with Gasteiger partial charge in [0.2, 0.25) is 0 Å². The molecule has 1 aromatic carbocycles. The molecule has 2 rings (SSSR count).